The lowest BCUT2D eigenvalue weighted by Gasteiger charge is -2.16. The molecule has 0 aliphatic carbocycles. The van der Waals surface area contributed by atoms with Crippen molar-refractivity contribution in [3.8, 4) is 11.5 Å². The molecule has 4 aromatic carbocycles. The van der Waals surface area contributed by atoms with Gasteiger partial charge < -0.3 is 25.4 Å². The molecule has 0 aliphatic heterocycles. The van der Waals surface area contributed by atoms with Crippen molar-refractivity contribution in [3.63, 3.8) is 0 Å². The van der Waals surface area contributed by atoms with Crippen LogP contribution in [0.3, 0.4) is 0 Å². The minimum atomic E-state index is -0.561. The van der Waals surface area contributed by atoms with E-state index >= 15 is 0 Å². The van der Waals surface area contributed by atoms with Gasteiger partial charge in [-0.3, -0.25) is 14.4 Å². The first-order chi connectivity index (χ1) is 21.7. The Balaban J connectivity index is 1.56. The largest absolute Gasteiger partial charge is 0.493 e. The van der Waals surface area contributed by atoms with Crippen LogP contribution in [0.25, 0.3) is 6.08 Å². The number of carbonyl (C=O) groups is 3. The Morgan fingerprint density at radius 1 is 0.822 bits per heavy atom. The summed E-state index contributed by atoms with van der Waals surface area (Å²) in [6.45, 7) is 1.91. The Morgan fingerprint density at radius 2 is 1.53 bits per heavy atom. The molecule has 0 spiro atoms. The predicted octanol–water partition coefficient (Wildman–Crippen LogP) is 7.93. The highest BCUT2D eigenvalue weighted by Gasteiger charge is 2.20. The van der Waals surface area contributed by atoms with E-state index in [0.717, 1.165) is 4.90 Å². The van der Waals surface area contributed by atoms with E-state index in [1.807, 2.05) is 13.0 Å². The zero-order valence-electron chi connectivity index (χ0n) is 24.7. The van der Waals surface area contributed by atoms with E-state index in [0.29, 0.717) is 50.5 Å². The van der Waals surface area contributed by atoms with Gasteiger partial charge in [0.2, 0.25) is 5.91 Å². The number of benzene rings is 4. The van der Waals surface area contributed by atoms with E-state index in [-0.39, 0.29) is 11.6 Å². The van der Waals surface area contributed by atoms with Gasteiger partial charge in [-0.15, -0.1) is 11.8 Å². The fourth-order valence-electron chi connectivity index (χ4n) is 4.30. The zero-order valence-corrected chi connectivity index (χ0v) is 27.1. The second-order valence-corrected chi connectivity index (χ2v) is 11.8. The van der Waals surface area contributed by atoms with Crippen LogP contribution < -0.4 is 25.4 Å². The van der Waals surface area contributed by atoms with Gasteiger partial charge in [0.1, 0.15) is 5.70 Å². The van der Waals surface area contributed by atoms with Crippen molar-refractivity contribution in [1.29, 1.82) is 0 Å². The Morgan fingerprint density at radius 3 is 2.20 bits per heavy atom. The number of hydrogen-bond acceptors (Lipinski definition) is 6. The number of rotatable bonds is 12. The van der Waals surface area contributed by atoms with Gasteiger partial charge in [0.25, 0.3) is 11.8 Å². The highest BCUT2D eigenvalue weighted by molar-refractivity contribution is 8.00. The van der Waals surface area contributed by atoms with Crippen LogP contribution in [0.5, 0.6) is 11.5 Å². The number of methoxy groups -OCH3 is 2. The topological polar surface area (TPSA) is 106 Å². The Labute approximate surface area is 276 Å². The van der Waals surface area contributed by atoms with Gasteiger partial charge in [0.15, 0.2) is 11.5 Å². The molecule has 1 unspecified atom stereocenters. The number of amides is 3. The summed E-state index contributed by atoms with van der Waals surface area (Å²) in [7, 11) is 3.01. The van der Waals surface area contributed by atoms with E-state index in [2.05, 4.69) is 16.0 Å². The van der Waals surface area contributed by atoms with Crippen LogP contribution in [0.2, 0.25) is 10.0 Å². The molecule has 0 saturated carbocycles. The molecular formula is C34H31Cl2N3O5S. The lowest BCUT2D eigenvalue weighted by atomic mass is 10.1. The third kappa shape index (κ3) is 9.28. The number of halogens is 2. The fraction of sp³-hybridized carbons (Fsp3) is 0.147. The number of hydrogen-bond donors (Lipinski definition) is 3. The summed E-state index contributed by atoms with van der Waals surface area (Å²) in [5.41, 5.74) is 1.87. The minimum Gasteiger partial charge on any atom is -0.493 e. The molecule has 0 heterocycles. The molecule has 0 aliphatic rings. The van der Waals surface area contributed by atoms with Gasteiger partial charge >= 0.3 is 0 Å². The first-order valence-electron chi connectivity index (χ1n) is 13.8. The molecule has 4 aromatic rings. The summed E-state index contributed by atoms with van der Waals surface area (Å²) in [6.07, 6.45) is 2.07. The average molecular weight is 665 g/mol. The first kappa shape index (κ1) is 33.5. The van der Waals surface area contributed by atoms with Crippen LogP contribution in [-0.2, 0) is 9.59 Å². The van der Waals surface area contributed by atoms with Crippen LogP contribution in [0.1, 0.15) is 29.3 Å². The molecule has 8 nitrogen and oxygen atoms in total. The molecule has 3 N–H and O–H groups in total. The van der Waals surface area contributed by atoms with Crippen molar-refractivity contribution in [3.05, 3.63) is 118 Å². The smallest absolute Gasteiger partial charge is 0.272 e. The highest BCUT2D eigenvalue weighted by Crippen LogP contribution is 2.33. The van der Waals surface area contributed by atoms with E-state index in [9.17, 15) is 14.4 Å². The Kier molecular flexibility index (Phi) is 11.9. The average Bonchev–Trinajstić information content (AvgIpc) is 3.03. The summed E-state index contributed by atoms with van der Waals surface area (Å²) in [5.74, 6) is -0.356. The number of para-hydroxylation sites is 1. The summed E-state index contributed by atoms with van der Waals surface area (Å²) in [5, 5.41) is 8.85. The molecule has 0 aromatic heterocycles. The second kappa shape index (κ2) is 16.0. The van der Waals surface area contributed by atoms with Gasteiger partial charge in [-0.1, -0.05) is 66.5 Å². The molecule has 1 atom stereocenters. The molecule has 3 amide bonds. The van der Waals surface area contributed by atoms with Crippen LogP contribution in [0.4, 0.5) is 11.4 Å². The van der Waals surface area contributed by atoms with Crippen molar-refractivity contribution in [2.45, 2.75) is 23.5 Å². The van der Waals surface area contributed by atoms with E-state index in [4.69, 9.17) is 32.7 Å². The maximum atomic E-state index is 13.6. The number of thioether (sulfide) groups is 1. The molecule has 0 bridgehead atoms. The van der Waals surface area contributed by atoms with Gasteiger partial charge in [-0.05, 0) is 67.1 Å². The Bertz CT molecular complexity index is 1700. The second-order valence-electron chi connectivity index (χ2n) is 9.60. The van der Waals surface area contributed by atoms with Gasteiger partial charge in [-0.2, -0.15) is 0 Å². The predicted molar refractivity (Wildman–Crippen MR) is 182 cm³/mol. The van der Waals surface area contributed by atoms with Crippen LogP contribution in [-0.4, -0.2) is 37.2 Å². The van der Waals surface area contributed by atoms with Gasteiger partial charge in [-0.25, -0.2) is 0 Å². The molecular weight excluding hydrogens is 633 g/mol. The quantitative estimate of drug-likeness (QED) is 0.105. The summed E-state index contributed by atoms with van der Waals surface area (Å²) < 4.78 is 10.9. The first-order valence-corrected chi connectivity index (χ1v) is 15.5. The molecule has 0 fully saturated rings. The summed E-state index contributed by atoms with van der Waals surface area (Å²) >= 11 is 13.5. The van der Waals surface area contributed by atoms with Crippen molar-refractivity contribution in [2.75, 3.05) is 24.9 Å². The molecule has 0 radical (unpaired) electrons. The van der Waals surface area contributed by atoms with E-state index in [1.54, 1.807) is 84.9 Å². The van der Waals surface area contributed by atoms with Crippen LogP contribution in [0.15, 0.2) is 102 Å². The molecule has 0 saturated heterocycles. The van der Waals surface area contributed by atoms with Crippen molar-refractivity contribution >= 4 is 70.1 Å². The third-order valence-corrected chi connectivity index (χ3v) is 8.22. The SMILES string of the molecule is CCC(Sc1cccc(NC(=O)/C(=C\c2cccc(OC)c2OC)NC(=O)c2ccccc2)c1)C(=O)Nc1cc(Cl)cc(Cl)c1. The normalized spacial score (nSPS) is 11.7. The van der Waals surface area contributed by atoms with E-state index in [1.165, 1.54) is 32.1 Å². The number of nitrogens with one attached hydrogen (secondary N) is 3. The highest BCUT2D eigenvalue weighted by atomic mass is 35.5. The molecule has 11 heteroatoms. The van der Waals surface area contributed by atoms with Crippen LogP contribution >= 0.6 is 35.0 Å². The van der Waals surface area contributed by atoms with Crippen LogP contribution in [0, 0.1) is 0 Å². The fourth-order valence-corrected chi connectivity index (χ4v) is 5.84. The lowest BCUT2D eigenvalue weighted by molar-refractivity contribution is -0.116. The maximum absolute atomic E-state index is 13.6. The summed E-state index contributed by atoms with van der Waals surface area (Å²) in [6, 6.07) is 25.8. The van der Waals surface area contributed by atoms with Crippen molar-refractivity contribution in [2.24, 2.45) is 0 Å². The standard InChI is InChI=1S/C34H31Cl2N3O5S/c1-4-30(34(42)38-26-18-23(35)17-24(36)19-26)45-27-14-9-13-25(20-27)37-33(41)28(39-32(40)21-10-6-5-7-11-21)16-22-12-8-15-29(43-2)31(22)44-3/h5-20,30H,4H2,1-3H3,(H,37,41)(H,38,42)(H,39,40)/b28-16+. The van der Waals surface area contributed by atoms with Gasteiger partial charge in [0, 0.05) is 37.4 Å². The number of carbonyl (C=O) groups excluding carboxylic acids is 3. The zero-order chi connectivity index (χ0) is 32.3. The monoisotopic (exact) mass is 663 g/mol. The Hall–Kier alpha value is -4.44. The van der Waals surface area contributed by atoms with Crippen molar-refractivity contribution in [1.82, 2.24) is 5.32 Å². The minimum absolute atomic E-state index is 0.0144. The maximum Gasteiger partial charge on any atom is 0.272 e. The molecule has 4 rings (SSSR count). The lowest BCUT2D eigenvalue weighted by Crippen LogP contribution is -2.30. The summed E-state index contributed by atoms with van der Waals surface area (Å²) in [4.78, 5) is 40.5. The van der Waals surface area contributed by atoms with Crippen molar-refractivity contribution < 1.29 is 23.9 Å². The van der Waals surface area contributed by atoms with E-state index < -0.39 is 17.1 Å². The number of anilines is 2. The van der Waals surface area contributed by atoms with Gasteiger partial charge in [0.05, 0.1) is 19.5 Å². The molecule has 232 valence electrons. The number of ether oxygens (including phenoxy) is 2. The molecule has 45 heavy (non-hydrogen) atoms. The third-order valence-electron chi connectivity index (χ3n) is 6.43.